The van der Waals surface area contributed by atoms with E-state index in [9.17, 15) is 9.90 Å². The van der Waals surface area contributed by atoms with Crippen molar-refractivity contribution in [3.8, 4) is 17.2 Å². The van der Waals surface area contributed by atoms with Gasteiger partial charge in [-0.15, -0.1) is 0 Å². The van der Waals surface area contributed by atoms with Crippen molar-refractivity contribution in [2.45, 2.75) is 6.42 Å². The van der Waals surface area contributed by atoms with Gasteiger partial charge in [-0.05, 0) is 6.07 Å². The first-order valence-corrected chi connectivity index (χ1v) is 4.24. The smallest absolute Gasteiger partial charge is 0.307 e. The van der Waals surface area contributed by atoms with Crippen molar-refractivity contribution in [1.82, 2.24) is 0 Å². The number of carboxylic acids is 1. The summed E-state index contributed by atoms with van der Waals surface area (Å²) in [5, 5.41) is 18.3. The number of hydrogen-bond donors (Lipinski definition) is 2. The zero-order chi connectivity index (χ0) is 11.4. The molecule has 5 heteroatoms. The summed E-state index contributed by atoms with van der Waals surface area (Å²) >= 11 is 0. The normalized spacial score (nSPS) is 9.73. The van der Waals surface area contributed by atoms with E-state index in [2.05, 4.69) is 0 Å². The Balaban J connectivity index is 3.16. The van der Waals surface area contributed by atoms with E-state index in [0.717, 1.165) is 0 Å². The third-order valence-electron chi connectivity index (χ3n) is 1.94. The van der Waals surface area contributed by atoms with Gasteiger partial charge in [0.1, 0.15) is 0 Å². The Hall–Kier alpha value is -1.91. The molecule has 0 saturated carbocycles. The maximum absolute atomic E-state index is 10.5. The molecule has 1 rings (SSSR count). The molecular formula is C10H12O5. The van der Waals surface area contributed by atoms with Gasteiger partial charge in [0.05, 0.1) is 20.6 Å². The van der Waals surface area contributed by atoms with Gasteiger partial charge in [0.2, 0.25) is 5.75 Å². The number of methoxy groups -OCH3 is 2. The summed E-state index contributed by atoms with van der Waals surface area (Å²) in [6, 6.07) is 3.04. The summed E-state index contributed by atoms with van der Waals surface area (Å²) in [5.41, 5.74) is 0.292. The molecule has 1 aromatic carbocycles. The molecule has 0 aliphatic rings. The molecule has 0 saturated heterocycles. The third kappa shape index (κ3) is 2.31. The number of carboxylic acid groups (broad SMARTS) is 1. The van der Waals surface area contributed by atoms with Gasteiger partial charge in [-0.1, -0.05) is 6.07 Å². The highest BCUT2D eigenvalue weighted by Gasteiger charge is 2.15. The molecule has 15 heavy (non-hydrogen) atoms. The van der Waals surface area contributed by atoms with E-state index < -0.39 is 5.97 Å². The van der Waals surface area contributed by atoms with Crippen molar-refractivity contribution in [3.05, 3.63) is 17.7 Å². The first-order valence-electron chi connectivity index (χ1n) is 4.24. The molecule has 0 radical (unpaired) electrons. The molecule has 0 fully saturated rings. The van der Waals surface area contributed by atoms with Crippen LogP contribution in [0.5, 0.6) is 17.2 Å². The molecular weight excluding hydrogens is 200 g/mol. The minimum absolute atomic E-state index is 0.149. The van der Waals surface area contributed by atoms with Gasteiger partial charge in [0.15, 0.2) is 11.5 Å². The second-order valence-corrected chi connectivity index (χ2v) is 2.88. The number of benzene rings is 1. The predicted octanol–water partition coefficient (Wildman–Crippen LogP) is 1.04. The third-order valence-corrected chi connectivity index (χ3v) is 1.94. The van der Waals surface area contributed by atoms with Crippen LogP contribution in [-0.2, 0) is 11.2 Å². The summed E-state index contributed by atoms with van der Waals surface area (Å²) in [6.45, 7) is 0. The molecule has 0 heterocycles. The molecule has 2 N–H and O–H groups in total. The van der Waals surface area contributed by atoms with E-state index in [4.69, 9.17) is 14.6 Å². The lowest BCUT2D eigenvalue weighted by molar-refractivity contribution is -0.136. The van der Waals surface area contributed by atoms with E-state index >= 15 is 0 Å². The minimum Gasteiger partial charge on any atom is -0.504 e. The Bertz CT molecular complexity index is 372. The second-order valence-electron chi connectivity index (χ2n) is 2.88. The Morgan fingerprint density at radius 2 is 2.00 bits per heavy atom. The van der Waals surface area contributed by atoms with Crippen molar-refractivity contribution >= 4 is 5.97 Å². The Labute approximate surface area is 86.9 Å². The highest BCUT2D eigenvalue weighted by molar-refractivity contribution is 5.72. The fourth-order valence-corrected chi connectivity index (χ4v) is 1.26. The van der Waals surface area contributed by atoms with Gasteiger partial charge >= 0.3 is 5.97 Å². The average Bonchev–Trinajstić information content (AvgIpc) is 2.20. The summed E-state index contributed by atoms with van der Waals surface area (Å²) in [7, 11) is 2.82. The van der Waals surface area contributed by atoms with Crippen molar-refractivity contribution in [3.63, 3.8) is 0 Å². The van der Waals surface area contributed by atoms with Gasteiger partial charge in [0.25, 0.3) is 0 Å². The van der Waals surface area contributed by atoms with Crippen molar-refractivity contribution in [1.29, 1.82) is 0 Å². The molecule has 0 unspecified atom stereocenters. The number of rotatable bonds is 4. The number of phenols is 1. The van der Waals surface area contributed by atoms with Gasteiger partial charge in [-0.3, -0.25) is 4.79 Å². The van der Waals surface area contributed by atoms with Crippen LogP contribution >= 0.6 is 0 Å². The SMILES string of the molecule is COc1ccc(CC(=O)O)c(O)c1OC. The molecule has 82 valence electrons. The molecule has 0 aliphatic carbocycles. The molecule has 0 amide bonds. The van der Waals surface area contributed by atoms with Crippen molar-refractivity contribution < 1.29 is 24.5 Å². The lowest BCUT2D eigenvalue weighted by Crippen LogP contribution is -2.01. The summed E-state index contributed by atoms with van der Waals surface area (Å²) in [5.74, 6) is -0.697. The fraction of sp³-hybridized carbons (Fsp3) is 0.300. The van der Waals surface area contributed by atoms with Crippen LogP contribution in [0.1, 0.15) is 5.56 Å². The zero-order valence-corrected chi connectivity index (χ0v) is 8.48. The quantitative estimate of drug-likeness (QED) is 0.779. The molecule has 0 aromatic heterocycles. The average molecular weight is 212 g/mol. The zero-order valence-electron chi connectivity index (χ0n) is 8.48. The molecule has 0 spiro atoms. The number of ether oxygens (including phenoxy) is 2. The highest BCUT2D eigenvalue weighted by atomic mass is 16.5. The molecule has 0 bridgehead atoms. The van der Waals surface area contributed by atoms with Gasteiger partial charge < -0.3 is 19.7 Å². The lowest BCUT2D eigenvalue weighted by Gasteiger charge is -2.11. The number of hydrogen-bond acceptors (Lipinski definition) is 4. The van der Waals surface area contributed by atoms with Crippen LogP contribution in [0.4, 0.5) is 0 Å². The highest BCUT2D eigenvalue weighted by Crippen LogP contribution is 2.38. The van der Waals surface area contributed by atoms with Gasteiger partial charge in [-0.2, -0.15) is 0 Å². The summed E-state index contributed by atoms with van der Waals surface area (Å²) in [4.78, 5) is 10.5. The van der Waals surface area contributed by atoms with E-state index in [-0.39, 0.29) is 17.9 Å². The van der Waals surface area contributed by atoms with E-state index in [1.165, 1.54) is 20.3 Å². The van der Waals surface area contributed by atoms with Crippen LogP contribution < -0.4 is 9.47 Å². The summed E-state index contributed by atoms with van der Waals surface area (Å²) < 4.78 is 9.87. The van der Waals surface area contributed by atoms with Crippen LogP contribution in [0.2, 0.25) is 0 Å². The van der Waals surface area contributed by atoms with Crippen LogP contribution in [0.15, 0.2) is 12.1 Å². The molecule has 5 nitrogen and oxygen atoms in total. The fourth-order valence-electron chi connectivity index (χ4n) is 1.26. The monoisotopic (exact) mass is 212 g/mol. The molecule has 0 aliphatic heterocycles. The lowest BCUT2D eigenvalue weighted by atomic mass is 10.1. The van der Waals surface area contributed by atoms with Crippen LogP contribution in [0.3, 0.4) is 0 Å². The van der Waals surface area contributed by atoms with Crippen molar-refractivity contribution in [2.24, 2.45) is 0 Å². The topological polar surface area (TPSA) is 76.0 Å². The van der Waals surface area contributed by atoms with Gasteiger partial charge in [-0.25, -0.2) is 0 Å². The standard InChI is InChI=1S/C10H12O5/c1-14-7-4-3-6(5-8(11)12)9(13)10(7)15-2/h3-4,13H,5H2,1-2H3,(H,11,12). The largest absolute Gasteiger partial charge is 0.504 e. The van der Waals surface area contributed by atoms with Crippen LogP contribution in [-0.4, -0.2) is 30.4 Å². The Morgan fingerprint density at radius 3 is 2.47 bits per heavy atom. The van der Waals surface area contributed by atoms with E-state index in [1.807, 2.05) is 0 Å². The van der Waals surface area contributed by atoms with Crippen LogP contribution in [0.25, 0.3) is 0 Å². The number of carbonyl (C=O) groups is 1. The number of phenolic OH excluding ortho intramolecular Hbond substituents is 1. The van der Waals surface area contributed by atoms with Crippen LogP contribution in [0, 0.1) is 0 Å². The predicted molar refractivity (Wildman–Crippen MR) is 52.6 cm³/mol. The van der Waals surface area contributed by atoms with E-state index in [1.54, 1.807) is 6.07 Å². The van der Waals surface area contributed by atoms with E-state index in [0.29, 0.717) is 11.3 Å². The Morgan fingerprint density at radius 1 is 1.33 bits per heavy atom. The number of aliphatic carboxylic acids is 1. The maximum atomic E-state index is 10.5. The minimum atomic E-state index is -1.02. The van der Waals surface area contributed by atoms with Gasteiger partial charge in [0, 0.05) is 5.56 Å². The first-order chi connectivity index (χ1) is 7.10. The Kier molecular flexibility index (Phi) is 3.38. The molecule has 1 aromatic rings. The first kappa shape index (κ1) is 11.2. The second kappa shape index (κ2) is 4.54. The number of aromatic hydroxyl groups is 1. The summed E-state index contributed by atoms with van der Waals surface area (Å²) in [6.07, 6.45) is -0.258. The van der Waals surface area contributed by atoms with Crippen molar-refractivity contribution in [2.75, 3.05) is 14.2 Å². The molecule has 0 atom stereocenters. The maximum Gasteiger partial charge on any atom is 0.307 e.